The van der Waals surface area contributed by atoms with Gasteiger partial charge in [0.25, 0.3) is 0 Å². The third kappa shape index (κ3) is 4.73. The Morgan fingerprint density at radius 2 is 1.72 bits per heavy atom. The monoisotopic (exact) mass is 427 g/mol. The number of urea groups is 1. The molecule has 1 aromatic heterocycles. The van der Waals surface area contributed by atoms with Gasteiger partial charge in [-0.05, 0) is 48.0 Å². The number of anilines is 1. The number of Topliss-reactive ketones (excluding diaryl/α,β-unsaturated/α-hetero) is 1. The largest absolute Gasteiger partial charge is 0.478 e. The Balaban J connectivity index is 1.60. The fourth-order valence-electron chi connectivity index (χ4n) is 3.63. The Morgan fingerprint density at radius 1 is 1.00 bits per heavy atom. The van der Waals surface area contributed by atoms with Crippen LogP contribution in [0, 0.1) is 0 Å². The summed E-state index contributed by atoms with van der Waals surface area (Å²) in [7, 11) is 0. The van der Waals surface area contributed by atoms with Crippen LogP contribution in [0.1, 0.15) is 27.5 Å². The zero-order chi connectivity index (χ0) is 22.5. The van der Waals surface area contributed by atoms with Gasteiger partial charge >= 0.3 is 12.0 Å². The lowest BCUT2D eigenvalue weighted by atomic mass is 9.86. The van der Waals surface area contributed by atoms with Gasteiger partial charge in [0.1, 0.15) is 0 Å². The van der Waals surface area contributed by atoms with Crippen molar-refractivity contribution in [2.24, 2.45) is 0 Å². The molecule has 0 aliphatic carbocycles. The second kappa shape index (κ2) is 9.26. The Labute approximate surface area is 185 Å². The zero-order valence-corrected chi connectivity index (χ0v) is 17.1. The number of benzene rings is 2. The Hall–Kier alpha value is -4.26. The lowest BCUT2D eigenvalue weighted by molar-refractivity contribution is -0.118. The van der Waals surface area contributed by atoms with Crippen molar-refractivity contribution in [2.45, 2.75) is 5.92 Å². The van der Waals surface area contributed by atoms with Gasteiger partial charge in [0.05, 0.1) is 23.7 Å². The highest BCUT2D eigenvalue weighted by atomic mass is 16.4. The Bertz CT molecular complexity index is 1160. The molecule has 1 unspecified atom stereocenters. The average Bonchev–Trinajstić information content (AvgIpc) is 2.82. The molecule has 1 saturated heterocycles. The highest BCUT2D eigenvalue weighted by Crippen LogP contribution is 2.28. The molecule has 2 N–H and O–H groups in total. The third-order valence-electron chi connectivity index (χ3n) is 5.28. The van der Waals surface area contributed by atoms with Crippen LogP contribution >= 0.6 is 0 Å². The molecule has 2 aromatic carbocycles. The van der Waals surface area contributed by atoms with Crippen LogP contribution in [-0.4, -0.2) is 45.9 Å². The highest BCUT2D eigenvalue weighted by Gasteiger charge is 2.34. The molecule has 0 radical (unpaired) electrons. The van der Waals surface area contributed by atoms with E-state index in [0.717, 1.165) is 5.56 Å². The minimum Gasteiger partial charge on any atom is -0.478 e. The fraction of sp³-hybridized carbons (Fsp3) is 0.120. The number of ketones is 1. The van der Waals surface area contributed by atoms with Crippen LogP contribution in [0.4, 0.5) is 10.5 Å². The van der Waals surface area contributed by atoms with E-state index in [1.165, 1.54) is 24.3 Å². The molecule has 0 saturated carbocycles. The van der Waals surface area contributed by atoms with E-state index in [9.17, 15) is 14.4 Å². The van der Waals surface area contributed by atoms with Crippen molar-refractivity contribution < 1.29 is 19.5 Å². The van der Waals surface area contributed by atoms with Gasteiger partial charge in [0, 0.05) is 24.0 Å². The van der Waals surface area contributed by atoms with Crippen molar-refractivity contribution in [3.8, 4) is 0 Å². The van der Waals surface area contributed by atoms with Gasteiger partial charge in [0.2, 0.25) is 0 Å². The number of nitrogens with zero attached hydrogens (tertiary/aromatic N) is 2. The number of aromatic nitrogens is 1. The highest BCUT2D eigenvalue weighted by molar-refractivity contribution is 6.06. The van der Waals surface area contributed by atoms with Crippen LogP contribution in [-0.2, 0) is 4.79 Å². The first-order chi connectivity index (χ1) is 15.5. The number of aromatic carboxylic acids is 1. The number of likely N-dealkylation sites (tertiary alicyclic amines) is 1. The van der Waals surface area contributed by atoms with Gasteiger partial charge in [-0.2, -0.15) is 0 Å². The first kappa shape index (κ1) is 21.0. The topological polar surface area (TPSA) is 99.6 Å². The normalized spacial score (nSPS) is 17.2. The molecule has 0 bridgehead atoms. The van der Waals surface area contributed by atoms with Crippen LogP contribution in [0.5, 0.6) is 0 Å². The molecule has 160 valence electrons. The first-order valence-electron chi connectivity index (χ1n) is 10.1. The summed E-state index contributed by atoms with van der Waals surface area (Å²) in [5, 5.41) is 11.8. The maximum atomic E-state index is 13.2. The molecule has 3 aromatic rings. The van der Waals surface area contributed by atoms with Crippen LogP contribution in [0.15, 0.2) is 84.6 Å². The quantitative estimate of drug-likeness (QED) is 0.612. The molecule has 1 aliphatic heterocycles. The Kier molecular flexibility index (Phi) is 6.07. The number of carbonyl (C=O) groups is 3. The number of hydrogen-bond donors (Lipinski definition) is 2. The molecule has 1 fully saturated rings. The second-order valence-corrected chi connectivity index (χ2v) is 7.44. The summed E-state index contributed by atoms with van der Waals surface area (Å²) in [6, 6.07) is 20.4. The molecule has 7 nitrogen and oxygen atoms in total. The number of hydrogen-bond acceptors (Lipinski definition) is 4. The number of carboxylic acids is 1. The summed E-state index contributed by atoms with van der Waals surface area (Å²) in [4.78, 5) is 43.1. The van der Waals surface area contributed by atoms with Crippen molar-refractivity contribution in [3.63, 3.8) is 0 Å². The van der Waals surface area contributed by atoms with E-state index >= 15 is 0 Å². The smallest absolute Gasteiger partial charge is 0.335 e. The van der Waals surface area contributed by atoms with Crippen molar-refractivity contribution in [1.29, 1.82) is 0 Å². The Morgan fingerprint density at radius 3 is 2.38 bits per heavy atom. The molecule has 32 heavy (non-hydrogen) atoms. The van der Waals surface area contributed by atoms with E-state index < -0.39 is 11.9 Å². The molecule has 1 aliphatic rings. The van der Waals surface area contributed by atoms with Gasteiger partial charge < -0.3 is 15.3 Å². The number of piperidine rings is 1. The molecular formula is C25H21N3O4. The summed E-state index contributed by atoms with van der Waals surface area (Å²) in [6.07, 6.45) is 3.37. The van der Waals surface area contributed by atoms with E-state index in [4.69, 9.17) is 5.11 Å². The lowest BCUT2D eigenvalue weighted by Crippen LogP contribution is -2.46. The summed E-state index contributed by atoms with van der Waals surface area (Å²) in [6.45, 7) is 0.388. The summed E-state index contributed by atoms with van der Waals surface area (Å²) >= 11 is 0. The van der Waals surface area contributed by atoms with Crippen molar-refractivity contribution in [3.05, 3.63) is 101 Å². The van der Waals surface area contributed by atoms with E-state index in [1.54, 1.807) is 29.3 Å². The molecule has 1 atom stereocenters. The van der Waals surface area contributed by atoms with Gasteiger partial charge in [-0.25, -0.2) is 9.59 Å². The molecule has 2 amide bonds. The van der Waals surface area contributed by atoms with Gasteiger partial charge in [0.15, 0.2) is 5.78 Å². The molecular weight excluding hydrogens is 406 g/mol. The maximum absolute atomic E-state index is 13.2. The summed E-state index contributed by atoms with van der Waals surface area (Å²) < 4.78 is 0. The predicted octanol–water partition coefficient (Wildman–Crippen LogP) is 4.06. The van der Waals surface area contributed by atoms with Gasteiger partial charge in [-0.15, -0.1) is 0 Å². The van der Waals surface area contributed by atoms with Crippen LogP contribution in [0.25, 0.3) is 6.08 Å². The van der Waals surface area contributed by atoms with Crippen LogP contribution in [0.2, 0.25) is 0 Å². The van der Waals surface area contributed by atoms with Crippen molar-refractivity contribution >= 4 is 29.5 Å². The fourth-order valence-corrected chi connectivity index (χ4v) is 3.63. The number of carboxylic acid groups (broad SMARTS) is 1. The maximum Gasteiger partial charge on any atom is 0.335 e. The summed E-state index contributed by atoms with van der Waals surface area (Å²) in [5.74, 6) is -1.55. The minimum atomic E-state index is -1.03. The first-order valence-corrected chi connectivity index (χ1v) is 10.1. The molecule has 4 rings (SSSR count). The number of carbonyl (C=O) groups excluding carboxylic acids is 2. The van der Waals surface area contributed by atoms with Crippen LogP contribution in [0.3, 0.4) is 0 Å². The van der Waals surface area contributed by atoms with Crippen molar-refractivity contribution in [2.75, 3.05) is 18.4 Å². The lowest BCUT2D eigenvalue weighted by Gasteiger charge is -2.33. The average molecular weight is 427 g/mol. The number of pyridine rings is 1. The summed E-state index contributed by atoms with van der Waals surface area (Å²) in [5.41, 5.74) is 2.60. The standard InChI is InChI=1S/C25H21N3O4/c29-23-19(14-21-8-4-5-13-26-21)15-28(16-22(23)17-6-2-1-3-7-17)25(32)27-20-11-9-18(10-12-20)24(30)31/h1-14,22H,15-16H2,(H,27,32)(H,30,31)/b19-14-. The number of rotatable bonds is 4. The molecule has 0 spiro atoms. The minimum absolute atomic E-state index is 0.0308. The van der Waals surface area contributed by atoms with E-state index in [0.29, 0.717) is 17.0 Å². The van der Waals surface area contributed by atoms with Crippen molar-refractivity contribution in [1.82, 2.24) is 9.88 Å². The number of amides is 2. The number of nitrogens with one attached hydrogen (secondary N) is 1. The van der Waals surface area contributed by atoms with E-state index in [2.05, 4.69) is 10.3 Å². The van der Waals surface area contributed by atoms with Gasteiger partial charge in [-0.3, -0.25) is 9.78 Å². The van der Waals surface area contributed by atoms with E-state index in [1.807, 2.05) is 36.4 Å². The van der Waals surface area contributed by atoms with Crippen LogP contribution < -0.4 is 5.32 Å². The zero-order valence-electron chi connectivity index (χ0n) is 17.1. The molecule has 7 heteroatoms. The molecule has 2 heterocycles. The van der Waals surface area contributed by atoms with Gasteiger partial charge in [-0.1, -0.05) is 36.4 Å². The second-order valence-electron chi connectivity index (χ2n) is 7.44. The third-order valence-corrected chi connectivity index (χ3v) is 5.28. The predicted molar refractivity (Wildman–Crippen MR) is 120 cm³/mol. The SMILES string of the molecule is O=C(O)c1ccc(NC(=O)N2C/C(=C/c3ccccn3)C(=O)C(c3ccccc3)C2)cc1. The van der Waals surface area contributed by atoms with E-state index in [-0.39, 0.29) is 30.5 Å².